The molecule has 0 aliphatic heterocycles. The third-order valence-corrected chi connectivity index (χ3v) is 7.30. The van der Waals surface area contributed by atoms with Crippen molar-refractivity contribution in [2.45, 2.75) is 38.6 Å². The van der Waals surface area contributed by atoms with Gasteiger partial charge in [0.05, 0.1) is 17.1 Å². The van der Waals surface area contributed by atoms with Crippen molar-refractivity contribution in [3.63, 3.8) is 0 Å². The zero-order chi connectivity index (χ0) is 28.0. The van der Waals surface area contributed by atoms with E-state index in [2.05, 4.69) is 79.5 Å². The van der Waals surface area contributed by atoms with Gasteiger partial charge in [0.25, 0.3) is 0 Å². The van der Waals surface area contributed by atoms with Crippen molar-refractivity contribution in [3.05, 3.63) is 118 Å². The lowest BCUT2D eigenvalue weighted by atomic mass is 9.97. The number of tetrazole rings is 1. The van der Waals surface area contributed by atoms with Crippen LogP contribution in [0.2, 0.25) is 5.02 Å². The van der Waals surface area contributed by atoms with Crippen molar-refractivity contribution in [1.29, 1.82) is 5.26 Å². The minimum Gasteiger partial charge on any atom is -0.488 e. The van der Waals surface area contributed by atoms with Crippen molar-refractivity contribution in [2.24, 2.45) is 0 Å². The molecular weight excluding hydrogens is 538 g/mol. The number of fused-ring (bicyclic) bond motifs is 1. The largest absolute Gasteiger partial charge is 0.488 e. The second-order valence-electron chi connectivity index (χ2n) is 9.71. The molecule has 2 aromatic heterocycles. The maximum Gasteiger partial charge on any atom is 0.162 e. The summed E-state index contributed by atoms with van der Waals surface area (Å²) in [4.78, 5) is 4.14. The van der Waals surface area contributed by atoms with Crippen LogP contribution in [0.4, 0.5) is 0 Å². The van der Waals surface area contributed by atoms with E-state index in [4.69, 9.17) is 21.1 Å². The summed E-state index contributed by atoms with van der Waals surface area (Å²) in [5, 5.41) is 26.9. The van der Waals surface area contributed by atoms with Crippen LogP contribution >= 0.6 is 11.6 Å². The van der Waals surface area contributed by atoms with E-state index in [-0.39, 0.29) is 12.7 Å². The molecule has 0 saturated heterocycles. The first kappa shape index (κ1) is 26.4. The van der Waals surface area contributed by atoms with Gasteiger partial charge in [0.1, 0.15) is 30.3 Å². The van der Waals surface area contributed by atoms with Gasteiger partial charge in [-0.15, -0.1) is 5.10 Å². The standard InChI is InChI=1S/C31H26ClN7O2/c32-27-12-23(17-35-18-31-36-38-39-37-31)29(40-19-21-11-20(14-33)15-34-16-21)13-30(27)41-28-10-9-25-24(7-4-8-26(25)28)22-5-2-1-3-6-22/h1-8,11-13,15-16,28,35H,9-10,17-19H2,(H,36,37,38,39). The van der Waals surface area contributed by atoms with E-state index in [0.717, 1.165) is 24.0 Å². The van der Waals surface area contributed by atoms with Gasteiger partial charge in [-0.25, -0.2) is 5.10 Å². The monoisotopic (exact) mass is 563 g/mol. The fourth-order valence-corrected chi connectivity index (χ4v) is 5.31. The number of nitriles is 1. The smallest absolute Gasteiger partial charge is 0.162 e. The van der Waals surface area contributed by atoms with Crippen LogP contribution in [0.25, 0.3) is 11.1 Å². The maximum atomic E-state index is 9.23. The summed E-state index contributed by atoms with van der Waals surface area (Å²) >= 11 is 6.78. The molecule has 0 bridgehead atoms. The number of pyridine rings is 1. The van der Waals surface area contributed by atoms with Crippen LogP contribution in [0, 0.1) is 11.3 Å². The van der Waals surface area contributed by atoms with Crippen molar-refractivity contribution >= 4 is 11.6 Å². The Balaban J connectivity index is 1.25. The van der Waals surface area contributed by atoms with E-state index < -0.39 is 0 Å². The van der Waals surface area contributed by atoms with Gasteiger partial charge < -0.3 is 14.8 Å². The van der Waals surface area contributed by atoms with Crippen LogP contribution in [0.3, 0.4) is 0 Å². The molecular formula is C31H26ClN7O2. The zero-order valence-electron chi connectivity index (χ0n) is 22.0. The van der Waals surface area contributed by atoms with Gasteiger partial charge in [0.15, 0.2) is 5.82 Å². The normalized spacial score (nSPS) is 13.9. The Labute approximate surface area is 242 Å². The summed E-state index contributed by atoms with van der Waals surface area (Å²) in [6, 6.07) is 24.4. The number of H-pyrrole nitrogens is 1. The average Bonchev–Trinajstić information content (AvgIpc) is 3.68. The Bertz CT molecular complexity index is 1690. The Hall–Kier alpha value is -4.78. The lowest BCUT2D eigenvalue weighted by Gasteiger charge is -2.20. The molecule has 5 aromatic rings. The van der Waals surface area contributed by atoms with Crippen LogP contribution in [0.15, 0.2) is 79.1 Å². The number of hydrogen-bond donors (Lipinski definition) is 2. The second kappa shape index (κ2) is 12.2. The summed E-state index contributed by atoms with van der Waals surface area (Å²) < 4.78 is 12.8. The predicted molar refractivity (Wildman–Crippen MR) is 153 cm³/mol. The Morgan fingerprint density at radius 3 is 2.76 bits per heavy atom. The van der Waals surface area contributed by atoms with Crippen molar-refractivity contribution in [1.82, 2.24) is 30.9 Å². The Kier molecular flexibility index (Phi) is 7.85. The SMILES string of the molecule is N#Cc1cncc(COc2cc(OC3CCc4c(-c5ccccc5)cccc43)c(Cl)cc2CNCc2nnn[nH]2)c1. The molecule has 0 saturated carbocycles. The number of ether oxygens (including phenoxy) is 2. The Morgan fingerprint density at radius 1 is 1.02 bits per heavy atom. The summed E-state index contributed by atoms with van der Waals surface area (Å²) in [6.45, 7) is 1.13. The minimum atomic E-state index is -0.126. The lowest BCUT2D eigenvalue weighted by Crippen LogP contribution is -2.15. The number of halogens is 1. The van der Waals surface area contributed by atoms with E-state index in [9.17, 15) is 5.26 Å². The summed E-state index contributed by atoms with van der Waals surface area (Å²) in [5.41, 5.74) is 7.03. The van der Waals surface area contributed by atoms with Crippen LogP contribution < -0.4 is 14.8 Å². The van der Waals surface area contributed by atoms with Gasteiger partial charge in [0, 0.05) is 36.1 Å². The molecule has 1 aliphatic carbocycles. The molecule has 0 spiro atoms. The first-order chi connectivity index (χ1) is 20.2. The highest BCUT2D eigenvalue weighted by Gasteiger charge is 2.27. The summed E-state index contributed by atoms with van der Waals surface area (Å²) in [7, 11) is 0. The first-order valence-corrected chi connectivity index (χ1v) is 13.6. The predicted octanol–water partition coefficient (Wildman–Crippen LogP) is 5.72. The topological polar surface area (TPSA) is 122 Å². The number of aromatic nitrogens is 5. The highest BCUT2D eigenvalue weighted by atomic mass is 35.5. The number of nitrogens with zero attached hydrogens (tertiary/aromatic N) is 5. The van der Waals surface area contributed by atoms with Gasteiger partial charge in [-0.05, 0) is 57.7 Å². The van der Waals surface area contributed by atoms with Gasteiger partial charge in [-0.1, -0.05) is 60.1 Å². The fraction of sp³-hybridized carbons (Fsp3) is 0.194. The van der Waals surface area contributed by atoms with E-state index >= 15 is 0 Å². The van der Waals surface area contributed by atoms with E-state index in [1.807, 2.05) is 18.2 Å². The quantitative estimate of drug-likeness (QED) is 0.221. The highest BCUT2D eigenvalue weighted by Crippen LogP contribution is 2.42. The molecule has 6 rings (SSSR count). The minimum absolute atomic E-state index is 0.126. The number of aromatic amines is 1. The van der Waals surface area contributed by atoms with Crippen molar-refractivity contribution < 1.29 is 9.47 Å². The first-order valence-electron chi connectivity index (χ1n) is 13.2. The van der Waals surface area contributed by atoms with Crippen LogP contribution in [0.1, 0.15) is 46.2 Å². The average molecular weight is 564 g/mol. The molecule has 1 unspecified atom stereocenters. The van der Waals surface area contributed by atoms with Crippen molar-refractivity contribution in [2.75, 3.05) is 0 Å². The number of rotatable bonds is 10. The summed E-state index contributed by atoms with van der Waals surface area (Å²) in [5.74, 6) is 1.79. The van der Waals surface area contributed by atoms with E-state index in [0.29, 0.717) is 41.0 Å². The third-order valence-electron chi connectivity index (χ3n) is 7.00. The number of hydrogen-bond acceptors (Lipinski definition) is 8. The van der Waals surface area contributed by atoms with E-state index in [1.54, 1.807) is 12.3 Å². The van der Waals surface area contributed by atoms with Gasteiger partial charge in [-0.3, -0.25) is 4.98 Å². The van der Waals surface area contributed by atoms with Gasteiger partial charge >= 0.3 is 0 Å². The highest BCUT2D eigenvalue weighted by molar-refractivity contribution is 6.32. The third kappa shape index (κ3) is 6.04. The molecule has 9 nitrogen and oxygen atoms in total. The van der Waals surface area contributed by atoms with Crippen LogP contribution in [-0.2, 0) is 26.1 Å². The fourth-order valence-electron chi connectivity index (χ4n) is 5.08. The van der Waals surface area contributed by atoms with Crippen molar-refractivity contribution in [3.8, 4) is 28.7 Å². The number of nitrogens with one attached hydrogen (secondary N) is 2. The molecule has 2 heterocycles. The van der Waals surface area contributed by atoms with Gasteiger partial charge in [-0.2, -0.15) is 5.26 Å². The molecule has 41 heavy (non-hydrogen) atoms. The molecule has 204 valence electrons. The molecule has 0 fully saturated rings. The number of benzene rings is 3. The van der Waals surface area contributed by atoms with Crippen LogP contribution in [-0.4, -0.2) is 25.6 Å². The molecule has 1 aliphatic rings. The molecule has 0 radical (unpaired) electrons. The zero-order valence-corrected chi connectivity index (χ0v) is 22.8. The molecule has 0 amide bonds. The van der Waals surface area contributed by atoms with E-state index in [1.165, 1.54) is 28.5 Å². The second-order valence-corrected chi connectivity index (χ2v) is 10.1. The van der Waals surface area contributed by atoms with Gasteiger partial charge in [0.2, 0.25) is 0 Å². The van der Waals surface area contributed by atoms with Crippen LogP contribution in [0.5, 0.6) is 11.5 Å². The lowest BCUT2D eigenvalue weighted by molar-refractivity contribution is 0.206. The maximum absolute atomic E-state index is 9.23. The molecule has 1 atom stereocenters. The molecule has 3 aromatic carbocycles. The molecule has 10 heteroatoms. The molecule has 2 N–H and O–H groups in total. The summed E-state index contributed by atoms with van der Waals surface area (Å²) in [6.07, 6.45) is 4.86. The Morgan fingerprint density at radius 2 is 1.93 bits per heavy atom.